The van der Waals surface area contributed by atoms with E-state index < -0.39 is 11.9 Å². The number of hydrogen-bond acceptors (Lipinski definition) is 5. The molecule has 0 saturated heterocycles. The van der Waals surface area contributed by atoms with E-state index >= 15 is 0 Å². The molecule has 1 atom stereocenters. The number of pyridine rings is 1. The largest absolute Gasteiger partial charge is 0.477 e. The molecule has 7 nitrogen and oxygen atoms in total. The fourth-order valence-electron chi connectivity index (χ4n) is 2.45. The van der Waals surface area contributed by atoms with Crippen molar-refractivity contribution in [1.29, 1.82) is 0 Å². The standard InChI is InChI=1S/C19H16N4O3/c1-12(22-18(24)16-3-2-4-17(23-16)19(25)26)13-5-7-14(8-6-13)15-9-20-11-21-10-15/h2-12H,1H3,(H,22,24)(H,25,26)/t12-/m0/s1. The van der Waals surface area contributed by atoms with Crippen molar-refractivity contribution in [3.05, 3.63) is 78.1 Å². The number of hydrogen-bond donors (Lipinski definition) is 2. The Hall–Kier alpha value is -3.61. The lowest BCUT2D eigenvalue weighted by atomic mass is 10.0. The van der Waals surface area contributed by atoms with Gasteiger partial charge in [0.15, 0.2) is 0 Å². The predicted octanol–water partition coefficient (Wildman–Crippen LogP) is 2.73. The van der Waals surface area contributed by atoms with Crippen LogP contribution in [0, 0.1) is 0 Å². The summed E-state index contributed by atoms with van der Waals surface area (Å²) in [4.78, 5) is 35.1. The zero-order valence-electron chi connectivity index (χ0n) is 14.0. The fourth-order valence-corrected chi connectivity index (χ4v) is 2.45. The van der Waals surface area contributed by atoms with E-state index in [4.69, 9.17) is 5.11 Å². The molecule has 2 N–H and O–H groups in total. The molecular formula is C19H16N4O3. The summed E-state index contributed by atoms with van der Waals surface area (Å²) in [6.45, 7) is 1.85. The van der Waals surface area contributed by atoms with Gasteiger partial charge in [0.1, 0.15) is 17.7 Å². The highest BCUT2D eigenvalue weighted by Gasteiger charge is 2.14. The van der Waals surface area contributed by atoms with Crippen LogP contribution in [0.25, 0.3) is 11.1 Å². The average molecular weight is 348 g/mol. The summed E-state index contributed by atoms with van der Waals surface area (Å²) in [5, 5.41) is 11.8. The summed E-state index contributed by atoms with van der Waals surface area (Å²) in [6.07, 6.45) is 4.94. The van der Waals surface area contributed by atoms with Crippen LogP contribution in [-0.4, -0.2) is 31.9 Å². The maximum Gasteiger partial charge on any atom is 0.354 e. The quantitative estimate of drug-likeness (QED) is 0.734. The maximum absolute atomic E-state index is 12.3. The van der Waals surface area contributed by atoms with Crippen molar-refractivity contribution in [2.45, 2.75) is 13.0 Å². The first-order chi connectivity index (χ1) is 12.5. The molecule has 0 fully saturated rings. The number of aromatic carboxylic acids is 1. The smallest absolute Gasteiger partial charge is 0.354 e. The highest BCUT2D eigenvalue weighted by atomic mass is 16.4. The van der Waals surface area contributed by atoms with Crippen molar-refractivity contribution in [2.75, 3.05) is 0 Å². The van der Waals surface area contributed by atoms with Crippen LogP contribution in [0.3, 0.4) is 0 Å². The summed E-state index contributed by atoms with van der Waals surface area (Å²) < 4.78 is 0. The van der Waals surface area contributed by atoms with Gasteiger partial charge in [0.2, 0.25) is 0 Å². The van der Waals surface area contributed by atoms with E-state index in [1.807, 2.05) is 31.2 Å². The van der Waals surface area contributed by atoms with Gasteiger partial charge in [0.05, 0.1) is 6.04 Å². The van der Waals surface area contributed by atoms with Gasteiger partial charge in [-0.1, -0.05) is 30.3 Å². The third kappa shape index (κ3) is 3.89. The third-order valence-corrected chi connectivity index (χ3v) is 3.85. The summed E-state index contributed by atoms with van der Waals surface area (Å²) in [5.74, 6) is -1.60. The number of amides is 1. The molecule has 130 valence electrons. The van der Waals surface area contributed by atoms with Gasteiger partial charge in [0, 0.05) is 18.0 Å². The van der Waals surface area contributed by atoms with E-state index in [1.54, 1.807) is 12.4 Å². The second-order valence-corrected chi connectivity index (χ2v) is 5.66. The third-order valence-electron chi connectivity index (χ3n) is 3.85. The minimum Gasteiger partial charge on any atom is -0.477 e. The van der Waals surface area contributed by atoms with Crippen molar-refractivity contribution in [1.82, 2.24) is 20.3 Å². The fraction of sp³-hybridized carbons (Fsp3) is 0.105. The molecular weight excluding hydrogens is 332 g/mol. The average Bonchev–Trinajstić information content (AvgIpc) is 2.68. The van der Waals surface area contributed by atoms with Crippen molar-refractivity contribution in [2.24, 2.45) is 0 Å². The molecule has 0 radical (unpaired) electrons. The lowest BCUT2D eigenvalue weighted by molar-refractivity contribution is 0.0690. The molecule has 0 aliphatic rings. The van der Waals surface area contributed by atoms with Gasteiger partial charge in [-0.15, -0.1) is 0 Å². The Morgan fingerprint density at radius 3 is 2.27 bits per heavy atom. The minimum atomic E-state index is -1.17. The van der Waals surface area contributed by atoms with E-state index in [-0.39, 0.29) is 17.4 Å². The first-order valence-corrected chi connectivity index (χ1v) is 7.91. The molecule has 26 heavy (non-hydrogen) atoms. The van der Waals surface area contributed by atoms with E-state index in [9.17, 15) is 9.59 Å². The minimum absolute atomic E-state index is 0.0646. The predicted molar refractivity (Wildman–Crippen MR) is 94.5 cm³/mol. The highest BCUT2D eigenvalue weighted by Crippen LogP contribution is 2.20. The summed E-state index contributed by atoms with van der Waals surface area (Å²) in [5.41, 5.74) is 2.69. The van der Waals surface area contributed by atoms with Gasteiger partial charge in [-0.25, -0.2) is 19.7 Å². The Morgan fingerprint density at radius 1 is 0.962 bits per heavy atom. The van der Waals surface area contributed by atoms with Gasteiger partial charge in [-0.2, -0.15) is 0 Å². The first kappa shape index (κ1) is 17.2. The van der Waals surface area contributed by atoms with Crippen LogP contribution in [0.1, 0.15) is 39.5 Å². The molecule has 0 aliphatic heterocycles. The Bertz CT molecular complexity index is 927. The highest BCUT2D eigenvalue weighted by molar-refractivity contribution is 5.94. The number of rotatable bonds is 5. The molecule has 2 heterocycles. The molecule has 1 aromatic carbocycles. The molecule has 0 saturated carbocycles. The van der Waals surface area contributed by atoms with Crippen LogP contribution in [0.4, 0.5) is 0 Å². The SMILES string of the molecule is C[C@H](NC(=O)c1cccc(C(=O)O)n1)c1ccc(-c2cncnc2)cc1. The summed E-state index contributed by atoms with van der Waals surface area (Å²) in [7, 11) is 0. The Labute approximate surface area is 149 Å². The number of nitrogens with zero attached hydrogens (tertiary/aromatic N) is 3. The summed E-state index contributed by atoms with van der Waals surface area (Å²) in [6, 6.07) is 11.7. The number of nitrogens with one attached hydrogen (secondary N) is 1. The number of carbonyl (C=O) groups is 2. The van der Waals surface area contributed by atoms with Gasteiger partial charge in [-0.3, -0.25) is 4.79 Å². The number of carbonyl (C=O) groups excluding carboxylic acids is 1. The molecule has 3 aromatic rings. The molecule has 1 amide bonds. The lowest BCUT2D eigenvalue weighted by Gasteiger charge is -2.14. The zero-order chi connectivity index (χ0) is 18.5. The maximum atomic E-state index is 12.3. The van der Waals surface area contributed by atoms with Crippen molar-refractivity contribution in [3.63, 3.8) is 0 Å². The van der Waals surface area contributed by atoms with Crippen molar-refractivity contribution in [3.8, 4) is 11.1 Å². The molecule has 7 heteroatoms. The normalized spacial score (nSPS) is 11.6. The zero-order valence-corrected chi connectivity index (χ0v) is 14.0. The number of benzene rings is 1. The number of carboxylic acid groups (broad SMARTS) is 1. The Kier molecular flexibility index (Phi) is 4.98. The Morgan fingerprint density at radius 2 is 1.62 bits per heavy atom. The van der Waals surface area contributed by atoms with E-state index in [0.29, 0.717) is 0 Å². The molecule has 0 aliphatic carbocycles. The number of aromatic nitrogens is 3. The second-order valence-electron chi connectivity index (χ2n) is 5.66. The van der Waals surface area contributed by atoms with E-state index in [2.05, 4.69) is 20.3 Å². The van der Waals surface area contributed by atoms with Crippen LogP contribution < -0.4 is 5.32 Å². The Balaban J connectivity index is 1.71. The van der Waals surface area contributed by atoms with Crippen molar-refractivity contribution >= 4 is 11.9 Å². The van der Waals surface area contributed by atoms with Gasteiger partial charge in [0.25, 0.3) is 5.91 Å². The lowest BCUT2D eigenvalue weighted by Crippen LogP contribution is -2.27. The van der Waals surface area contributed by atoms with Gasteiger partial charge in [-0.05, 0) is 30.2 Å². The molecule has 0 spiro atoms. The number of carboxylic acids is 1. The topological polar surface area (TPSA) is 105 Å². The van der Waals surface area contributed by atoms with Crippen molar-refractivity contribution < 1.29 is 14.7 Å². The van der Waals surface area contributed by atoms with E-state index in [1.165, 1.54) is 24.5 Å². The molecule has 0 bridgehead atoms. The van der Waals surface area contributed by atoms with Crippen LogP contribution in [0.15, 0.2) is 61.2 Å². The monoisotopic (exact) mass is 348 g/mol. The molecule has 2 aromatic heterocycles. The molecule has 0 unspecified atom stereocenters. The van der Waals surface area contributed by atoms with Crippen LogP contribution in [0.2, 0.25) is 0 Å². The second kappa shape index (κ2) is 7.52. The van der Waals surface area contributed by atoms with Gasteiger partial charge < -0.3 is 10.4 Å². The van der Waals surface area contributed by atoms with Crippen LogP contribution in [-0.2, 0) is 0 Å². The van der Waals surface area contributed by atoms with Crippen LogP contribution in [0.5, 0.6) is 0 Å². The van der Waals surface area contributed by atoms with E-state index in [0.717, 1.165) is 16.7 Å². The summed E-state index contributed by atoms with van der Waals surface area (Å²) >= 11 is 0. The first-order valence-electron chi connectivity index (χ1n) is 7.91. The molecule has 3 rings (SSSR count). The van der Waals surface area contributed by atoms with Gasteiger partial charge >= 0.3 is 5.97 Å². The van der Waals surface area contributed by atoms with Crippen LogP contribution >= 0.6 is 0 Å².